The molecule has 3 rings (SSSR count). The average Bonchev–Trinajstić information content (AvgIpc) is 2.68. The van der Waals surface area contributed by atoms with Crippen molar-refractivity contribution in [1.29, 1.82) is 0 Å². The molecule has 0 atom stereocenters. The lowest BCUT2D eigenvalue weighted by molar-refractivity contribution is -0.252. The number of piperidine rings is 1. The molecule has 0 radical (unpaired) electrons. The number of hydrogen-bond donors (Lipinski definition) is 3. The molecule has 0 saturated carbocycles. The van der Waals surface area contributed by atoms with Crippen LogP contribution in [0, 0.1) is 0 Å². The van der Waals surface area contributed by atoms with E-state index in [0.717, 1.165) is 50.1 Å². The van der Waals surface area contributed by atoms with Crippen LogP contribution in [0.4, 0.5) is 11.4 Å². The molecule has 1 aliphatic heterocycles. The van der Waals surface area contributed by atoms with Crippen LogP contribution < -0.4 is 11.5 Å². The van der Waals surface area contributed by atoms with E-state index in [4.69, 9.17) is 11.5 Å². The molecule has 0 aliphatic carbocycles. The van der Waals surface area contributed by atoms with Gasteiger partial charge in [0.15, 0.2) is 0 Å². The topological polar surface area (TPSA) is 78.8 Å². The first-order valence-corrected chi connectivity index (χ1v) is 11.0. The highest BCUT2D eigenvalue weighted by molar-refractivity contribution is 5.40. The first-order valence-electron chi connectivity index (χ1n) is 11.0. The van der Waals surface area contributed by atoms with Gasteiger partial charge in [-0.05, 0) is 88.8 Å². The molecule has 1 heterocycles. The van der Waals surface area contributed by atoms with E-state index in [9.17, 15) is 5.21 Å². The van der Waals surface area contributed by atoms with E-state index in [1.54, 1.807) is 5.06 Å². The number of benzene rings is 2. The van der Waals surface area contributed by atoms with Crippen LogP contribution in [-0.2, 0) is 12.8 Å². The molecule has 2 aromatic rings. The fourth-order valence-electron chi connectivity index (χ4n) is 4.87. The normalized spacial score (nSPS) is 19.3. The molecular formula is C25H38N4O. The molecule has 2 aromatic carbocycles. The highest BCUT2D eigenvalue weighted by atomic mass is 16.5. The maximum Gasteiger partial charge on any atom is 0.0425 e. The maximum atomic E-state index is 10.7. The zero-order valence-electron chi connectivity index (χ0n) is 18.9. The molecular weight excluding hydrogens is 372 g/mol. The van der Waals surface area contributed by atoms with Crippen LogP contribution in [0.1, 0.15) is 51.7 Å². The van der Waals surface area contributed by atoms with Crippen LogP contribution in [0.3, 0.4) is 0 Å². The van der Waals surface area contributed by atoms with Crippen LogP contribution in [0.15, 0.2) is 48.5 Å². The molecule has 5 heteroatoms. The highest BCUT2D eigenvalue weighted by Crippen LogP contribution is 2.38. The van der Waals surface area contributed by atoms with Gasteiger partial charge >= 0.3 is 0 Å². The average molecular weight is 411 g/mol. The van der Waals surface area contributed by atoms with Crippen molar-refractivity contribution in [1.82, 2.24) is 9.96 Å². The van der Waals surface area contributed by atoms with Gasteiger partial charge in [0.25, 0.3) is 0 Å². The summed E-state index contributed by atoms with van der Waals surface area (Å²) in [6, 6.07) is 16.8. The Labute approximate surface area is 181 Å². The van der Waals surface area contributed by atoms with Gasteiger partial charge in [-0.2, -0.15) is 5.06 Å². The Balaban J connectivity index is 1.75. The van der Waals surface area contributed by atoms with Gasteiger partial charge in [-0.1, -0.05) is 24.3 Å². The Morgan fingerprint density at radius 2 is 1.17 bits per heavy atom. The van der Waals surface area contributed by atoms with Crippen molar-refractivity contribution in [2.75, 3.05) is 24.6 Å². The van der Waals surface area contributed by atoms with Crippen molar-refractivity contribution in [3.8, 4) is 0 Å². The highest BCUT2D eigenvalue weighted by Gasteiger charge is 2.46. The minimum Gasteiger partial charge on any atom is -0.399 e. The molecule has 0 unspecified atom stereocenters. The first-order chi connectivity index (χ1) is 14.1. The van der Waals surface area contributed by atoms with Crippen LogP contribution in [0.2, 0.25) is 0 Å². The van der Waals surface area contributed by atoms with Gasteiger partial charge in [0.1, 0.15) is 0 Å². The smallest absolute Gasteiger partial charge is 0.0425 e. The third-order valence-corrected chi connectivity index (χ3v) is 6.47. The fraction of sp³-hybridized carbons (Fsp3) is 0.520. The van der Waals surface area contributed by atoms with Crippen molar-refractivity contribution in [3.05, 3.63) is 59.7 Å². The molecule has 1 aliphatic rings. The van der Waals surface area contributed by atoms with E-state index in [1.807, 2.05) is 24.3 Å². The molecule has 1 saturated heterocycles. The quantitative estimate of drug-likeness (QED) is 0.592. The predicted octanol–water partition coefficient (Wildman–Crippen LogP) is 4.35. The number of nitrogen functional groups attached to an aromatic ring is 2. The second kappa shape index (κ2) is 8.96. The molecule has 1 fully saturated rings. The Bertz CT molecular complexity index is 747. The number of nitrogens with two attached hydrogens (primary N) is 2. The number of anilines is 2. The Morgan fingerprint density at radius 1 is 0.800 bits per heavy atom. The summed E-state index contributed by atoms with van der Waals surface area (Å²) in [5, 5.41) is 12.3. The van der Waals surface area contributed by atoms with Crippen molar-refractivity contribution in [3.63, 3.8) is 0 Å². The van der Waals surface area contributed by atoms with E-state index in [2.05, 4.69) is 56.9 Å². The first kappa shape index (κ1) is 22.6. The van der Waals surface area contributed by atoms with E-state index in [-0.39, 0.29) is 11.1 Å². The van der Waals surface area contributed by atoms with Gasteiger partial charge in [-0.15, -0.1) is 0 Å². The lowest BCUT2D eigenvalue weighted by Crippen LogP contribution is -2.63. The SMILES string of the molecule is CC1(C)CC(N(CCc2ccc(N)cc2)CCc2ccc(N)cc2)CC(C)(C)N1O. The number of hydrogen-bond acceptors (Lipinski definition) is 5. The summed E-state index contributed by atoms with van der Waals surface area (Å²) >= 11 is 0. The standard InChI is InChI=1S/C25H38N4O/c1-24(2)17-23(18-25(3,4)29(24)30)28(15-13-19-5-9-21(26)10-6-19)16-14-20-7-11-22(27)12-8-20/h5-12,23,30H,13-18,26-27H2,1-4H3. The van der Waals surface area contributed by atoms with Crippen LogP contribution in [-0.4, -0.2) is 45.4 Å². The number of rotatable bonds is 7. The summed E-state index contributed by atoms with van der Waals surface area (Å²) in [6.45, 7) is 10.5. The zero-order chi connectivity index (χ0) is 21.9. The van der Waals surface area contributed by atoms with Gasteiger partial charge in [-0.25, -0.2) is 0 Å². The molecule has 30 heavy (non-hydrogen) atoms. The minimum atomic E-state index is -0.257. The summed E-state index contributed by atoms with van der Waals surface area (Å²) in [5.41, 5.74) is 15.4. The van der Waals surface area contributed by atoms with Crippen molar-refractivity contribution >= 4 is 11.4 Å². The van der Waals surface area contributed by atoms with Gasteiger partial charge in [-0.3, -0.25) is 4.90 Å². The van der Waals surface area contributed by atoms with E-state index >= 15 is 0 Å². The van der Waals surface area contributed by atoms with Crippen LogP contribution in [0.5, 0.6) is 0 Å². The fourth-order valence-corrected chi connectivity index (χ4v) is 4.87. The summed E-state index contributed by atoms with van der Waals surface area (Å²) in [6.07, 6.45) is 3.86. The lowest BCUT2D eigenvalue weighted by atomic mass is 9.78. The van der Waals surface area contributed by atoms with E-state index in [1.165, 1.54) is 11.1 Å². The van der Waals surface area contributed by atoms with Crippen molar-refractivity contribution in [2.45, 2.75) is 70.5 Å². The maximum absolute atomic E-state index is 10.7. The van der Waals surface area contributed by atoms with Gasteiger partial charge < -0.3 is 16.7 Å². The molecule has 164 valence electrons. The summed E-state index contributed by atoms with van der Waals surface area (Å²) in [5.74, 6) is 0. The van der Waals surface area contributed by atoms with Gasteiger partial charge in [0.05, 0.1) is 0 Å². The monoisotopic (exact) mass is 410 g/mol. The molecule has 0 bridgehead atoms. The van der Waals surface area contributed by atoms with E-state index < -0.39 is 0 Å². The Morgan fingerprint density at radius 3 is 1.53 bits per heavy atom. The molecule has 0 aromatic heterocycles. The zero-order valence-corrected chi connectivity index (χ0v) is 18.9. The second-order valence-corrected chi connectivity index (χ2v) is 10.0. The molecule has 0 amide bonds. The van der Waals surface area contributed by atoms with Crippen LogP contribution in [0.25, 0.3) is 0 Å². The summed E-state index contributed by atoms with van der Waals surface area (Å²) < 4.78 is 0. The second-order valence-electron chi connectivity index (χ2n) is 10.0. The molecule has 5 N–H and O–H groups in total. The van der Waals surface area contributed by atoms with Crippen molar-refractivity contribution in [2.24, 2.45) is 0 Å². The van der Waals surface area contributed by atoms with Crippen molar-refractivity contribution < 1.29 is 5.21 Å². The predicted molar refractivity (Wildman–Crippen MR) is 125 cm³/mol. The van der Waals surface area contributed by atoms with Gasteiger partial charge in [0.2, 0.25) is 0 Å². The number of nitrogens with zero attached hydrogens (tertiary/aromatic N) is 2. The van der Waals surface area contributed by atoms with Crippen LogP contribution >= 0.6 is 0 Å². The molecule has 0 spiro atoms. The third-order valence-electron chi connectivity index (χ3n) is 6.47. The number of hydroxylamine groups is 2. The Hall–Kier alpha value is -2.08. The Kier molecular flexibility index (Phi) is 6.75. The summed E-state index contributed by atoms with van der Waals surface area (Å²) in [7, 11) is 0. The molecule has 5 nitrogen and oxygen atoms in total. The minimum absolute atomic E-state index is 0.257. The summed E-state index contributed by atoms with van der Waals surface area (Å²) in [4.78, 5) is 2.61. The lowest BCUT2D eigenvalue weighted by Gasteiger charge is -2.53. The van der Waals surface area contributed by atoms with E-state index in [0.29, 0.717) is 6.04 Å². The third kappa shape index (κ3) is 5.54. The largest absolute Gasteiger partial charge is 0.399 e. The van der Waals surface area contributed by atoms with Gasteiger partial charge in [0, 0.05) is 41.6 Å².